The molecule has 64 heavy (non-hydrogen) atoms. The van der Waals surface area contributed by atoms with E-state index in [1.54, 1.807) is 0 Å². The van der Waals surface area contributed by atoms with E-state index in [9.17, 15) is 14.4 Å². The molecule has 6 nitrogen and oxygen atoms in total. The topological polar surface area (TPSA) is 78.9 Å². The summed E-state index contributed by atoms with van der Waals surface area (Å²) in [4.78, 5) is 38.0. The molecule has 0 aromatic heterocycles. The zero-order chi connectivity index (χ0) is 46.5. The number of hydrogen-bond acceptors (Lipinski definition) is 6. The largest absolute Gasteiger partial charge is 0.462 e. The number of allylic oxidation sites excluding steroid dienone is 16. The Kier molecular flexibility index (Phi) is 49.0. The molecule has 0 aliphatic rings. The fourth-order valence-corrected chi connectivity index (χ4v) is 7.08. The first-order chi connectivity index (χ1) is 31.5. The molecule has 0 aromatic rings. The van der Waals surface area contributed by atoms with Gasteiger partial charge in [-0.05, 0) is 64.2 Å². The van der Waals surface area contributed by atoms with Crippen LogP contribution in [0.3, 0.4) is 0 Å². The quantitative estimate of drug-likeness (QED) is 0.0199. The summed E-state index contributed by atoms with van der Waals surface area (Å²) in [5.74, 6) is -0.983. The number of carbonyl (C=O) groups excluding carboxylic acids is 3. The van der Waals surface area contributed by atoms with Crippen molar-refractivity contribution in [2.24, 2.45) is 0 Å². The Hall–Kier alpha value is -3.67. The van der Waals surface area contributed by atoms with Gasteiger partial charge in [0.15, 0.2) is 6.10 Å². The third-order valence-corrected chi connectivity index (χ3v) is 11.0. The Bertz CT molecular complexity index is 1300. The number of esters is 3. The van der Waals surface area contributed by atoms with Crippen molar-refractivity contribution in [1.82, 2.24) is 0 Å². The van der Waals surface area contributed by atoms with Gasteiger partial charge >= 0.3 is 17.9 Å². The molecule has 0 N–H and O–H groups in total. The summed E-state index contributed by atoms with van der Waals surface area (Å²) in [5.41, 5.74) is 0. The number of ether oxygens (including phenoxy) is 3. The van der Waals surface area contributed by atoms with E-state index in [-0.39, 0.29) is 37.5 Å². The van der Waals surface area contributed by atoms with Crippen LogP contribution in [-0.2, 0) is 28.6 Å². The molecule has 0 saturated carbocycles. The molecule has 1 unspecified atom stereocenters. The van der Waals surface area contributed by atoms with Crippen LogP contribution < -0.4 is 0 Å². The van der Waals surface area contributed by atoms with E-state index in [0.29, 0.717) is 19.3 Å². The van der Waals surface area contributed by atoms with Crippen LogP contribution in [0.5, 0.6) is 0 Å². The van der Waals surface area contributed by atoms with Gasteiger partial charge in [0.05, 0.1) is 0 Å². The lowest BCUT2D eigenvalue weighted by atomic mass is 10.0. The highest BCUT2D eigenvalue weighted by Gasteiger charge is 2.19. The number of carbonyl (C=O) groups is 3. The summed E-state index contributed by atoms with van der Waals surface area (Å²) in [6.45, 7) is 6.32. The minimum atomic E-state index is -0.807. The van der Waals surface area contributed by atoms with Crippen molar-refractivity contribution in [3.63, 3.8) is 0 Å². The van der Waals surface area contributed by atoms with Gasteiger partial charge in [-0.3, -0.25) is 14.4 Å². The van der Waals surface area contributed by atoms with Crippen LogP contribution in [0.4, 0.5) is 0 Å². The van der Waals surface area contributed by atoms with Crippen molar-refractivity contribution in [2.75, 3.05) is 13.2 Å². The normalized spacial score (nSPS) is 12.9. The van der Waals surface area contributed by atoms with Gasteiger partial charge in [0.2, 0.25) is 0 Å². The summed E-state index contributed by atoms with van der Waals surface area (Å²) in [7, 11) is 0. The van der Waals surface area contributed by atoms with Gasteiger partial charge < -0.3 is 14.2 Å². The minimum absolute atomic E-state index is 0.102. The van der Waals surface area contributed by atoms with Crippen molar-refractivity contribution in [1.29, 1.82) is 0 Å². The van der Waals surface area contributed by atoms with Gasteiger partial charge in [0.1, 0.15) is 13.2 Å². The van der Waals surface area contributed by atoms with Crippen molar-refractivity contribution < 1.29 is 28.6 Å². The van der Waals surface area contributed by atoms with E-state index in [0.717, 1.165) is 70.6 Å². The van der Waals surface area contributed by atoms with Crippen molar-refractivity contribution >= 4 is 17.9 Å². The summed E-state index contributed by atoms with van der Waals surface area (Å²) in [6, 6.07) is 0. The molecule has 0 aromatic carbocycles. The third-order valence-electron chi connectivity index (χ3n) is 11.0. The Labute approximate surface area is 394 Å². The average Bonchev–Trinajstić information content (AvgIpc) is 3.29. The first kappa shape index (κ1) is 60.3. The SMILES string of the molecule is CC\C=C/C=C\C=C/C=C\C=C/CCCC(=O)OCC(COC(=O)CCCCCCCCCCC/C=C\C/C=C\C/C=C\CC)OC(=O)CCCCCCCCCCCCCCCC. The van der Waals surface area contributed by atoms with Crippen LogP contribution in [0.1, 0.15) is 233 Å². The third kappa shape index (κ3) is 49.3. The minimum Gasteiger partial charge on any atom is -0.462 e. The van der Waals surface area contributed by atoms with E-state index >= 15 is 0 Å². The number of rotatable bonds is 46. The molecular weight excluding hydrogens is 793 g/mol. The molecule has 0 spiro atoms. The molecule has 0 amide bonds. The summed E-state index contributed by atoms with van der Waals surface area (Å²) >= 11 is 0. The molecule has 0 aliphatic carbocycles. The second-order valence-electron chi connectivity index (χ2n) is 17.2. The van der Waals surface area contributed by atoms with Crippen LogP contribution in [0.25, 0.3) is 0 Å². The molecule has 0 fully saturated rings. The molecule has 1 atom stereocenters. The van der Waals surface area contributed by atoms with E-state index in [1.165, 1.54) is 116 Å². The second kappa shape index (κ2) is 52.0. The van der Waals surface area contributed by atoms with Crippen LogP contribution in [0, 0.1) is 0 Å². The van der Waals surface area contributed by atoms with E-state index in [1.807, 2.05) is 54.7 Å². The fraction of sp³-hybridized carbons (Fsp3) is 0.672. The molecule has 0 heterocycles. The van der Waals surface area contributed by atoms with Crippen LogP contribution in [-0.4, -0.2) is 37.2 Å². The molecule has 364 valence electrons. The van der Waals surface area contributed by atoms with Crippen molar-refractivity contribution in [3.05, 3.63) is 97.2 Å². The highest BCUT2D eigenvalue weighted by Crippen LogP contribution is 2.15. The van der Waals surface area contributed by atoms with Crippen LogP contribution >= 0.6 is 0 Å². The molecule has 0 saturated heterocycles. The van der Waals surface area contributed by atoms with E-state index in [2.05, 4.69) is 63.3 Å². The molecule has 0 radical (unpaired) electrons. The Morgan fingerprint density at radius 1 is 0.344 bits per heavy atom. The van der Waals surface area contributed by atoms with E-state index in [4.69, 9.17) is 14.2 Å². The molecule has 6 heteroatoms. The van der Waals surface area contributed by atoms with E-state index < -0.39 is 6.10 Å². The zero-order valence-electron chi connectivity index (χ0n) is 41.5. The smallest absolute Gasteiger partial charge is 0.306 e. The van der Waals surface area contributed by atoms with Crippen molar-refractivity contribution in [3.8, 4) is 0 Å². The maximum atomic E-state index is 12.8. The van der Waals surface area contributed by atoms with Crippen LogP contribution in [0.2, 0.25) is 0 Å². The van der Waals surface area contributed by atoms with Crippen molar-refractivity contribution in [2.45, 2.75) is 239 Å². The highest BCUT2D eigenvalue weighted by molar-refractivity contribution is 5.71. The maximum absolute atomic E-state index is 12.8. The Morgan fingerprint density at radius 2 is 0.703 bits per heavy atom. The highest BCUT2D eigenvalue weighted by atomic mass is 16.6. The molecular formula is C58H96O6. The van der Waals surface area contributed by atoms with Gasteiger partial charge in [0.25, 0.3) is 0 Å². The molecule has 0 aliphatic heterocycles. The van der Waals surface area contributed by atoms with Gasteiger partial charge in [-0.15, -0.1) is 0 Å². The van der Waals surface area contributed by atoms with Crippen LogP contribution in [0.15, 0.2) is 97.2 Å². The van der Waals surface area contributed by atoms with Gasteiger partial charge in [0, 0.05) is 19.3 Å². The first-order valence-electron chi connectivity index (χ1n) is 26.3. The maximum Gasteiger partial charge on any atom is 0.306 e. The Morgan fingerprint density at radius 3 is 1.19 bits per heavy atom. The zero-order valence-corrected chi connectivity index (χ0v) is 41.5. The predicted octanol–water partition coefficient (Wildman–Crippen LogP) is 17.4. The molecule has 0 bridgehead atoms. The van der Waals surface area contributed by atoms with Gasteiger partial charge in [-0.1, -0.05) is 246 Å². The number of unbranched alkanes of at least 4 members (excludes halogenated alkanes) is 23. The first-order valence-corrected chi connectivity index (χ1v) is 26.3. The second-order valence-corrected chi connectivity index (χ2v) is 17.2. The number of hydrogen-bond donors (Lipinski definition) is 0. The standard InChI is InChI=1S/C58H96O6/c1-4-7-10-13-16-19-22-25-27-28-29-30-31-34-36-39-42-45-48-51-57(60)63-54-55(53-62-56(59)50-47-44-41-38-35-32-24-21-18-15-12-9-6-3)64-58(61)52-49-46-43-40-37-33-26-23-20-17-14-11-8-5-2/h7,9-10,12,15-16,18-19,21,24-25,27,32,35,38,41,55H,4-6,8,11,13-14,17,20,22-23,26,28-31,33-34,36-37,39-40,42-54H2,1-3H3/b10-7-,12-9-,18-15-,19-16-,24-21-,27-25-,35-32-,41-38-. The monoisotopic (exact) mass is 889 g/mol. The summed E-state index contributed by atoms with van der Waals surface area (Å²) in [5, 5.41) is 0. The Balaban J connectivity index is 4.44. The van der Waals surface area contributed by atoms with Gasteiger partial charge in [-0.2, -0.15) is 0 Å². The lowest BCUT2D eigenvalue weighted by molar-refractivity contribution is -0.167. The fourth-order valence-electron chi connectivity index (χ4n) is 7.08. The average molecular weight is 889 g/mol. The summed E-state index contributed by atoms with van der Waals surface area (Å²) in [6.07, 6.45) is 68.3. The predicted molar refractivity (Wildman–Crippen MR) is 274 cm³/mol. The lowest BCUT2D eigenvalue weighted by Crippen LogP contribution is -2.30. The van der Waals surface area contributed by atoms with Gasteiger partial charge in [-0.25, -0.2) is 0 Å². The summed E-state index contributed by atoms with van der Waals surface area (Å²) < 4.78 is 16.7. The molecule has 0 rings (SSSR count). The lowest BCUT2D eigenvalue weighted by Gasteiger charge is -2.18.